The lowest BCUT2D eigenvalue weighted by molar-refractivity contribution is -0.143. The molecule has 0 atom stereocenters. The summed E-state index contributed by atoms with van der Waals surface area (Å²) in [5.41, 5.74) is 1.10. The van der Waals surface area contributed by atoms with E-state index in [0.717, 1.165) is 58.6 Å². The number of halogens is 6. The number of hydrogen-bond donors (Lipinski definition) is 1. The quantitative estimate of drug-likeness (QED) is 0.261. The fourth-order valence-electron chi connectivity index (χ4n) is 4.77. The van der Waals surface area contributed by atoms with Gasteiger partial charge in [-0.25, -0.2) is 4.98 Å². The van der Waals surface area contributed by atoms with E-state index in [9.17, 15) is 26.3 Å². The minimum absolute atomic E-state index is 0.131. The molecule has 0 bridgehead atoms. The van der Waals surface area contributed by atoms with Crippen molar-refractivity contribution in [3.05, 3.63) is 89.0 Å². The third-order valence-electron chi connectivity index (χ3n) is 6.74. The van der Waals surface area contributed by atoms with Gasteiger partial charge in [0.15, 0.2) is 0 Å². The van der Waals surface area contributed by atoms with E-state index in [1.807, 2.05) is 43.3 Å². The highest BCUT2D eigenvalue weighted by Gasteiger charge is 2.36. The van der Waals surface area contributed by atoms with Crippen LogP contribution >= 0.6 is 0 Å². The van der Waals surface area contributed by atoms with Gasteiger partial charge in [0.1, 0.15) is 5.82 Å². The summed E-state index contributed by atoms with van der Waals surface area (Å²) >= 11 is 0. The summed E-state index contributed by atoms with van der Waals surface area (Å²) in [7, 11) is 0. The molecule has 1 saturated heterocycles. The van der Waals surface area contributed by atoms with E-state index in [1.54, 1.807) is 12.1 Å². The zero-order valence-electron chi connectivity index (χ0n) is 21.0. The average molecular weight is 546 g/mol. The number of rotatable bonds is 5. The fourth-order valence-corrected chi connectivity index (χ4v) is 4.77. The number of aromatic nitrogens is 1. The first-order chi connectivity index (χ1) is 18.5. The lowest BCUT2D eigenvalue weighted by Crippen LogP contribution is -2.36. The van der Waals surface area contributed by atoms with Gasteiger partial charge in [0.25, 0.3) is 0 Å². The number of morpholine rings is 1. The lowest BCUT2D eigenvalue weighted by Gasteiger charge is -2.28. The Kier molecular flexibility index (Phi) is 7.15. The molecule has 0 unspecified atom stereocenters. The third kappa shape index (κ3) is 5.80. The Labute approximate surface area is 221 Å². The first-order valence-corrected chi connectivity index (χ1v) is 12.4. The number of nitrogens with one attached hydrogen (secondary N) is 1. The smallest absolute Gasteiger partial charge is 0.380 e. The molecule has 4 nitrogen and oxygen atoms in total. The number of pyridine rings is 1. The highest BCUT2D eigenvalue weighted by molar-refractivity contribution is 6.02. The van der Waals surface area contributed by atoms with Crippen LogP contribution in [0.1, 0.15) is 22.3 Å². The van der Waals surface area contributed by atoms with Gasteiger partial charge in [0, 0.05) is 36.3 Å². The van der Waals surface area contributed by atoms with Crippen LogP contribution in [0.15, 0.2) is 66.7 Å². The number of benzene rings is 3. The molecule has 10 heteroatoms. The molecule has 5 rings (SSSR count). The highest BCUT2D eigenvalue weighted by Crippen LogP contribution is 2.39. The van der Waals surface area contributed by atoms with Crippen molar-refractivity contribution in [3.8, 4) is 11.1 Å². The summed E-state index contributed by atoms with van der Waals surface area (Å²) in [6.45, 7) is 4.37. The first-order valence-electron chi connectivity index (χ1n) is 12.4. The molecule has 3 aromatic carbocycles. The molecule has 1 fully saturated rings. The van der Waals surface area contributed by atoms with Crippen molar-refractivity contribution in [2.24, 2.45) is 0 Å². The molecule has 0 amide bonds. The van der Waals surface area contributed by atoms with Crippen LogP contribution in [0.3, 0.4) is 0 Å². The van der Waals surface area contributed by atoms with Gasteiger partial charge in [-0.15, -0.1) is 0 Å². The molecule has 0 aliphatic carbocycles. The standard InChI is InChI=1S/C29H25F6N3O/c1-18-4-2-3-5-22(18)27-23-6-9-26(38-10-12-39-13-11-38)37-24(23)7-8-25(27)36-17-19-14-20(28(30,31)32)16-21(15-19)29(33,34)35/h2-9,14-16,36H,10-13,17H2,1H3. The van der Waals surface area contributed by atoms with Gasteiger partial charge in [-0.2, -0.15) is 26.3 Å². The van der Waals surface area contributed by atoms with Crippen LogP contribution in [0.4, 0.5) is 37.8 Å². The predicted molar refractivity (Wildman–Crippen MR) is 139 cm³/mol. The van der Waals surface area contributed by atoms with Crippen molar-refractivity contribution in [2.75, 3.05) is 36.5 Å². The van der Waals surface area contributed by atoms with E-state index in [-0.39, 0.29) is 18.2 Å². The van der Waals surface area contributed by atoms with Crippen molar-refractivity contribution >= 4 is 22.4 Å². The Bertz CT molecular complexity index is 1460. The van der Waals surface area contributed by atoms with Gasteiger partial charge in [-0.1, -0.05) is 24.3 Å². The number of nitrogens with zero attached hydrogens (tertiary/aromatic N) is 2. The van der Waals surface area contributed by atoms with E-state index >= 15 is 0 Å². The fraction of sp³-hybridized carbons (Fsp3) is 0.276. The van der Waals surface area contributed by atoms with Crippen molar-refractivity contribution in [3.63, 3.8) is 0 Å². The van der Waals surface area contributed by atoms with Crippen molar-refractivity contribution in [2.45, 2.75) is 25.8 Å². The maximum atomic E-state index is 13.4. The number of hydrogen-bond acceptors (Lipinski definition) is 4. The van der Waals surface area contributed by atoms with E-state index in [4.69, 9.17) is 9.72 Å². The number of aryl methyl sites for hydroxylation is 1. The summed E-state index contributed by atoms with van der Waals surface area (Å²) in [6.07, 6.45) is -9.82. The second kappa shape index (κ2) is 10.4. The maximum Gasteiger partial charge on any atom is 0.416 e. The Morgan fingerprint density at radius 2 is 1.51 bits per heavy atom. The van der Waals surface area contributed by atoms with Crippen LogP contribution < -0.4 is 10.2 Å². The summed E-state index contributed by atoms with van der Waals surface area (Å²) < 4.78 is 85.6. The van der Waals surface area contributed by atoms with Crippen LogP contribution in [0, 0.1) is 6.92 Å². The molecule has 0 saturated carbocycles. The Morgan fingerprint density at radius 1 is 0.846 bits per heavy atom. The van der Waals surface area contributed by atoms with Crippen LogP contribution in [0.5, 0.6) is 0 Å². The number of anilines is 2. The molecule has 1 aliphatic rings. The molecule has 0 spiro atoms. The predicted octanol–water partition coefficient (Wildman–Crippen LogP) is 7.70. The summed E-state index contributed by atoms with van der Waals surface area (Å²) in [6, 6.07) is 16.7. The van der Waals surface area contributed by atoms with E-state index in [0.29, 0.717) is 18.9 Å². The second-order valence-electron chi connectivity index (χ2n) is 9.41. The van der Waals surface area contributed by atoms with Gasteiger partial charge in [0.2, 0.25) is 0 Å². The molecule has 1 aromatic heterocycles. The molecule has 0 radical (unpaired) electrons. The van der Waals surface area contributed by atoms with Crippen molar-refractivity contribution in [1.29, 1.82) is 0 Å². The van der Waals surface area contributed by atoms with Crippen LogP contribution in [0.2, 0.25) is 0 Å². The number of alkyl halides is 6. The second-order valence-corrected chi connectivity index (χ2v) is 9.41. The van der Waals surface area contributed by atoms with E-state index in [1.165, 1.54) is 0 Å². The zero-order chi connectivity index (χ0) is 27.8. The van der Waals surface area contributed by atoms with Gasteiger partial charge in [0.05, 0.1) is 29.9 Å². The largest absolute Gasteiger partial charge is 0.416 e. The minimum atomic E-state index is -4.91. The topological polar surface area (TPSA) is 37.4 Å². The van der Waals surface area contributed by atoms with Gasteiger partial charge in [-0.05, 0) is 66.1 Å². The van der Waals surface area contributed by atoms with Crippen molar-refractivity contribution < 1.29 is 31.1 Å². The van der Waals surface area contributed by atoms with Crippen LogP contribution in [-0.2, 0) is 23.6 Å². The normalized spacial score (nSPS) is 14.6. The molecular formula is C29H25F6N3O. The average Bonchev–Trinajstić information content (AvgIpc) is 2.91. The molecule has 2 heterocycles. The first kappa shape index (κ1) is 26.8. The van der Waals surface area contributed by atoms with Gasteiger partial charge >= 0.3 is 12.4 Å². The summed E-state index contributed by atoms with van der Waals surface area (Å²) in [5, 5.41) is 3.90. The molecule has 204 valence electrons. The maximum absolute atomic E-state index is 13.4. The van der Waals surface area contributed by atoms with E-state index < -0.39 is 23.5 Å². The van der Waals surface area contributed by atoms with Crippen molar-refractivity contribution in [1.82, 2.24) is 4.98 Å². The monoisotopic (exact) mass is 545 g/mol. The zero-order valence-corrected chi connectivity index (χ0v) is 21.0. The van der Waals surface area contributed by atoms with Crippen LogP contribution in [-0.4, -0.2) is 31.3 Å². The third-order valence-corrected chi connectivity index (χ3v) is 6.74. The summed E-state index contributed by atoms with van der Waals surface area (Å²) in [5.74, 6) is 0.811. The highest BCUT2D eigenvalue weighted by atomic mass is 19.4. The van der Waals surface area contributed by atoms with Gasteiger partial charge in [-0.3, -0.25) is 0 Å². The van der Waals surface area contributed by atoms with Crippen LogP contribution in [0.25, 0.3) is 22.0 Å². The number of fused-ring (bicyclic) bond motifs is 1. The molecular weight excluding hydrogens is 520 g/mol. The van der Waals surface area contributed by atoms with Gasteiger partial charge < -0.3 is 15.0 Å². The summed E-state index contributed by atoms with van der Waals surface area (Å²) in [4.78, 5) is 6.98. The molecule has 4 aromatic rings. The van der Waals surface area contributed by atoms with E-state index in [2.05, 4.69) is 10.2 Å². The molecule has 1 N–H and O–H groups in total. The number of ether oxygens (including phenoxy) is 1. The Morgan fingerprint density at radius 3 is 2.15 bits per heavy atom. The minimum Gasteiger partial charge on any atom is -0.380 e. The molecule has 1 aliphatic heterocycles. The Balaban J connectivity index is 1.56. The lowest BCUT2D eigenvalue weighted by atomic mass is 9.94. The Hall–Kier alpha value is -3.79. The molecule has 39 heavy (non-hydrogen) atoms. The SMILES string of the molecule is Cc1ccccc1-c1c(NCc2cc(C(F)(F)F)cc(C(F)(F)F)c2)ccc2nc(N3CCOCC3)ccc12.